The molecule has 2 aromatic heterocycles. The molecule has 0 unspecified atom stereocenters. The van der Waals surface area contributed by atoms with E-state index in [2.05, 4.69) is 10.3 Å². The van der Waals surface area contributed by atoms with E-state index >= 15 is 0 Å². The van der Waals surface area contributed by atoms with Crippen molar-refractivity contribution in [2.24, 2.45) is 0 Å². The molecule has 0 spiro atoms. The van der Waals surface area contributed by atoms with Gasteiger partial charge in [-0.15, -0.1) is 0 Å². The number of fused-ring (bicyclic) bond motifs is 2. The second-order valence-electron chi connectivity index (χ2n) is 13.4. The minimum absolute atomic E-state index is 0.00227. The molecule has 1 aliphatic heterocycles. The van der Waals surface area contributed by atoms with Gasteiger partial charge in [-0.3, -0.25) is 14.6 Å². The van der Waals surface area contributed by atoms with Gasteiger partial charge >= 0.3 is 0 Å². The Kier molecular flexibility index (Phi) is 8.06. The number of aliphatic hydroxyl groups excluding tert-OH is 1. The van der Waals surface area contributed by atoms with Crippen molar-refractivity contribution in [2.45, 2.75) is 76.0 Å². The second kappa shape index (κ2) is 11.7. The standard InChI is InChI=1S/C36H38FN3O6/c1-34(2,19-41)40-33(43)35(3)20-45-32-26(35)18-29(39-31(32)21-7-9-24(37)10-8-21)36(4,44)14-13-27(42)23-16-22-6-5-15-38-30(22)28(17-23)46-25-11-12-25/h5-10,15-18,25,41,44H,11-14,19-20H2,1-4H3,(H,40,43)/t35-,36-/m0/s1. The van der Waals surface area contributed by atoms with Crippen LogP contribution in [0.25, 0.3) is 22.2 Å². The third kappa shape index (κ3) is 6.19. The number of carbonyl (C=O) groups excluding carboxylic acids is 2. The largest absolute Gasteiger partial charge is 0.489 e. The number of rotatable bonds is 11. The molecule has 1 fully saturated rings. The Morgan fingerprint density at radius 3 is 2.57 bits per heavy atom. The third-order valence-corrected chi connectivity index (χ3v) is 8.74. The van der Waals surface area contributed by atoms with Gasteiger partial charge in [-0.1, -0.05) is 6.07 Å². The molecule has 0 saturated heterocycles. The average Bonchev–Trinajstić information content (AvgIpc) is 3.79. The van der Waals surface area contributed by atoms with E-state index in [0.29, 0.717) is 39.4 Å². The number of carbonyl (C=O) groups is 2. The SMILES string of the molecule is CC(C)(CO)NC(=O)[C@@]1(C)COc2c1cc([C@@](C)(O)CCC(=O)c1cc(OC3CC3)c3ncccc3c1)nc2-c1ccc(F)cc1. The zero-order valence-corrected chi connectivity index (χ0v) is 26.4. The number of nitrogens with zero attached hydrogens (tertiary/aromatic N) is 2. The predicted octanol–water partition coefficient (Wildman–Crippen LogP) is 5.38. The van der Waals surface area contributed by atoms with E-state index in [-0.39, 0.29) is 49.5 Å². The van der Waals surface area contributed by atoms with E-state index in [9.17, 15) is 24.2 Å². The first-order chi connectivity index (χ1) is 21.8. The molecular formula is C36H38FN3O6. The first kappa shape index (κ1) is 31.6. The molecule has 1 aliphatic carbocycles. The highest BCUT2D eigenvalue weighted by Crippen LogP contribution is 2.46. The quantitative estimate of drug-likeness (QED) is 0.189. The number of ketones is 1. The van der Waals surface area contributed by atoms with Crippen LogP contribution in [0, 0.1) is 5.82 Å². The predicted molar refractivity (Wildman–Crippen MR) is 170 cm³/mol. The van der Waals surface area contributed by atoms with Crippen molar-refractivity contribution in [1.82, 2.24) is 15.3 Å². The molecule has 46 heavy (non-hydrogen) atoms. The lowest BCUT2D eigenvalue weighted by Crippen LogP contribution is -2.53. The molecule has 0 bridgehead atoms. The molecule has 240 valence electrons. The van der Waals surface area contributed by atoms with Gasteiger partial charge in [-0.05, 0) is 95.5 Å². The topological polar surface area (TPSA) is 131 Å². The second-order valence-corrected chi connectivity index (χ2v) is 13.4. The van der Waals surface area contributed by atoms with Crippen LogP contribution in [0.1, 0.15) is 75.0 Å². The van der Waals surface area contributed by atoms with Gasteiger partial charge in [-0.2, -0.15) is 0 Å². The first-order valence-electron chi connectivity index (χ1n) is 15.5. The summed E-state index contributed by atoms with van der Waals surface area (Å²) >= 11 is 0. The number of amides is 1. The van der Waals surface area contributed by atoms with Crippen molar-refractivity contribution in [3.05, 3.63) is 83.4 Å². The highest BCUT2D eigenvalue weighted by molar-refractivity contribution is 6.01. The van der Waals surface area contributed by atoms with E-state index in [0.717, 1.165) is 18.2 Å². The van der Waals surface area contributed by atoms with E-state index in [1.165, 1.54) is 12.1 Å². The summed E-state index contributed by atoms with van der Waals surface area (Å²) < 4.78 is 26.0. The third-order valence-electron chi connectivity index (χ3n) is 8.74. The summed E-state index contributed by atoms with van der Waals surface area (Å²) in [5, 5.41) is 25.3. The Bertz CT molecular complexity index is 1820. The van der Waals surface area contributed by atoms with Gasteiger partial charge in [0.05, 0.1) is 23.9 Å². The number of aliphatic hydroxyl groups is 2. The number of hydrogen-bond donors (Lipinski definition) is 3. The van der Waals surface area contributed by atoms with Crippen LogP contribution in [-0.2, 0) is 15.8 Å². The number of nitrogens with one attached hydrogen (secondary N) is 1. The van der Waals surface area contributed by atoms with E-state index in [1.807, 2.05) is 12.1 Å². The number of aromatic nitrogens is 2. The van der Waals surface area contributed by atoms with Gasteiger partial charge in [0.1, 0.15) is 46.1 Å². The lowest BCUT2D eigenvalue weighted by molar-refractivity contribution is -0.128. The summed E-state index contributed by atoms with van der Waals surface area (Å²) in [5.41, 5.74) is -0.862. The lowest BCUT2D eigenvalue weighted by Gasteiger charge is -2.30. The molecule has 1 amide bonds. The zero-order chi connectivity index (χ0) is 32.9. The monoisotopic (exact) mass is 627 g/mol. The van der Waals surface area contributed by atoms with Gasteiger partial charge in [0.15, 0.2) is 5.78 Å². The van der Waals surface area contributed by atoms with Gasteiger partial charge in [0.25, 0.3) is 0 Å². The Morgan fingerprint density at radius 1 is 1.13 bits per heavy atom. The van der Waals surface area contributed by atoms with E-state index < -0.39 is 22.4 Å². The van der Waals surface area contributed by atoms with E-state index in [1.54, 1.807) is 64.2 Å². The normalized spacial score (nSPS) is 18.8. The fourth-order valence-electron chi connectivity index (χ4n) is 5.54. The minimum atomic E-state index is -1.59. The first-order valence-corrected chi connectivity index (χ1v) is 15.5. The van der Waals surface area contributed by atoms with Gasteiger partial charge < -0.3 is 25.0 Å². The van der Waals surface area contributed by atoms with E-state index in [4.69, 9.17) is 14.5 Å². The highest BCUT2D eigenvalue weighted by Gasteiger charge is 2.47. The summed E-state index contributed by atoms with van der Waals surface area (Å²) in [6.07, 6.45) is 3.79. The molecule has 2 atom stereocenters. The zero-order valence-electron chi connectivity index (χ0n) is 26.4. The molecule has 10 heteroatoms. The fraction of sp³-hybridized carbons (Fsp3) is 0.389. The Hall–Kier alpha value is -4.41. The smallest absolute Gasteiger partial charge is 0.234 e. The van der Waals surface area contributed by atoms with Crippen LogP contribution in [0.2, 0.25) is 0 Å². The van der Waals surface area contributed by atoms with Crippen molar-refractivity contribution in [3.8, 4) is 22.8 Å². The number of hydrogen-bond acceptors (Lipinski definition) is 8. The summed E-state index contributed by atoms with van der Waals surface area (Å²) in [5.74, 6) is -0.0344. The Morgan fingerprint density at radius 2 is 1.87 bits per heavy atom. The number of pyridine rings is 2. The molecule has 2 aliphatic rings. The van der Waals surface area contributed by atoms with Crippen LogP contribution in [0.5, 0.6) is 11.5 Å². The van der Waals surface area contributed by atoms with Crippen LogP contribution in [-0.4, -0.2) is 56.7 Å². The van der Waals surface area contributed by atoms with Crippen molar-refractivity contribution in [2.75, 3.05) is 13.2 Å². The summed E-state index contributed by atoms with van der Waals surface area (Å²) in [6, 6.07) is 14.6. The number of ether oxygens (including phenoxy) is 2. The van der Waals surface area contributed by atoms with Crippen LogP contribution in [0.4, 0.5) is 4.39 Å². The maximum absolute atomic E-state index is 13.8. The molecule has 0 radical (unpaired) electrons. The molecule has 3 heterocycles. The molecule has 1 saturated carbocycles. The van der Waals surface area contributed by atoms with Crippen molar-refractivity contribution in [3.63, 3.8) is 0 Å². The lowest BCUT2D eigenvalue weighted by atomic mass is 9.80. The van der Waals surface area contributed by atoms with Crippen molar-refractivity contribution in [1.29, 1.82) is 0 Å². The number of benzene rings is 2. The van der Waals surface area contributed by atoms with Gasteiger partial charge in [0, 0.05) is 34.7 Å². The fourth-order valence-corrected chi connectivity index (χ4v) is 5.54. The van der Waals surface area contributed by atoms with Crippen LogP contribution in [0.3, 0.4) is 0 Å². The molecule has 2 aromatic carbocycles. The average molecular weight is 628 g/mol. The van der Waals surface area contributed by atoms with Crippen LogP contribution >= 0.6 is 0 Å². The highest BCUT2D eigenvalue weighted by atomic mass is 19.1. The molecular weight excluding hydrogens is 589 g/mol. The van der Waals surface area contributed by atoms with Gasteiger partial charge in [0.2, 0.25) is 5.91 Å². The molecule has 9 nitrogen and oxygen atoms in total. The Labute approximate surface area is 266 Å². The molecule has 4 aromatic rings. The van der Waals surface area contributed by atoms with Crippen molar-refractivity contribution >= 4 is 22.6 Å². The van der Waals surface area contributed by atoms with Crippen LogP contribution in [0.15, 0.2) is 60.8 Å². The van der Waals surface area contributed by atoms with Crippen LogP contribution < -0.4 is 14.8 Å². The minimum Gasteiger partial charge on any atom is -0.489 e. The Balaban J connectivity index is 1.33. The summed E-state index contributed by atoms with van der Waals surface area (Å²) in [4.78, 5) is 36.4. The molecule has 3 N–H and O–H groups in total. The number of halogens is 1. The molecule has 6 rings (SSSR count). The maximum atomic E-state index is 13.8. The van der Waals surface area contributed by atoms with Gasteiger partial charge in [-0.25, -0.2) is 9.37 Å². The number of Topliss-reactive ketones (excluding diaryl/α,β-unsaturated/α-hetero) is 1. The summed E-state index contributed by atoms with van der Waals surface area (Å²) in [6.45, 7) is 6.46. The van der Waals surface area contributed by atoms with Crippen molar-refractivity contribution < 1.29 is 33.7 Å². The summed E-state index contributed by atoms with van der Waals surface area (Å²) in [7, 11) is 0. The maximum Gasteiger partial charge on any atom is 0.234 e.